The van der Waals surface area contributed by atoms with Crippen LogP contribution >= 0.6 is 11.3 Å². The Kier molecular flexibility index (Phi) is 2.71. The summed E-state index contributed by atoms with van der Waals surface area (Å²) >= 11 is 1.16. The van der Waals surface area contributed by atoms with Crippen molar-refractivity contribution in [2.24, 2.45) is 0 Å². The fourth-order valence-electron chi connectivity index (χ4n) is 2.17. The minimum atomic E-state index is -0.166. The Morgan fingerprint density at radius 3 is 2.89 bits per heavy atom. The van der Waals surface area contributed by atoms with E-state index in [2.05, 4.69) is 15.5 Å². The van der Waals surface area contributed by atoms with E-state index in [4.69, 9.17) is 5.73 Å². The molecule has 0 bridgehead atoms. The van der Waals surface area contributed by atoms with E-state index < -0.39 is 0 Å². The lowest BCUT2D eigenvalue weighted by Gasteiger charge is -2.04. The highest BCUT2D eigenvalue weighted by atomic mass is 32.1. The van der Waals surface area contributed by atoms with Gasteiger partial charge in [-0.2, -0.15) is 0 Å². The molecule has 1 aliphatic carbocycles. The number of amides is 1. The van der Waals surface area contributed by atoms with Crippen LogP contribution in [-0.4, -0.2) is 16.1 Å². The number of rotatable bonds is 2. The van der Waals surface area contributed by atoms with Crippen LogP contribution < -0.4 is 11.1 Å². The number of fused-ring (bicyclic) bond motifs is 1. The van der Waals surface area contributed by atoms with Gasteiger partial charge in [0.2, 0.25) is 10.3 Å². The first-order chi connectivity index (χ1) is 8.72. The number of nitrogen functional groups attached to an aromatic ring is 1. The number of aromatic nitrogens is 2. The first-order valence-electron chi connectivity index (χ1n) is 5.74. The minimum absolute atomic E-state index is 0.166. The lowest BCUT2D eigenvalue weighted by molar-refractivity contribution is 0.102. The maximum absolute atomic E-state index is 12.0. The molecule has 0 spiro atoms. The smallest absolute Gasteiger partial charge is 0.257 e. The summed E-state index contributed by atoms with van der Waals surface area (Å²) < 4.78 is 0. The van der Waals surface area contributed by atoms with Crippen LogP contribution in [0.25, 0.3) is 0 Å². The van der Waals surface area contributed by atoms with Gasteiger partial charge in [0.1, 0.15) is 0 Å². The minimum Gasteiger partial charge on any atom is -0.374 e. The van der Waals surface area contributed by atoms with E-state index >= 15 is 0 Å². The second-order valence-electron chi connectivity index (χ2n) is 4.24. The van der Waals surface area contributed by atoms with Crippen molar-refractivity contribution in [3.8, 4) is 0 Å². The van der Waals surface area contributed by atoms with Crippen molar-refractivity contribution in [3.63, 3.8) is 0 Å². The Labute approximate surface area is 108 Å². The molecule has 0 aliphatic heterocycles. The van der Waals surface area contributed by atoms with Gasteiger partial charge in [0.05, 0.1) is 0 Å². The van der Waals surface area contributed by atoms with Crippen molar-refractivity contribution in [3.05, 3.63) is 34.9 Å². The van der Waals surface area contributed by atoms with E-state index in [0.29, 0.717) is 15.8 Å². The molecule has 3 rings (SSSR count). The van der Waals surface area contributed by atoms with E-state index in [9.17, 15) is 4.79 Å². The number of benzene rings is 1. The van der Waals surface area contributed by atoms with Crippen LogP contribution in [0.2, 0.25) is 0 Å². The predicted octanol–water partition coefficient (Wildman–Crippen LogP) is 1.86. The highest BCUT2D eigenvalue weighted by Crippen LogP contribution is 2.23. The second kappa shape index (κ2) is 4.38. The number of nitrogens with two attached hydrogens (primary N) is 1. The third-order valence-electron chi connectivity index (χ3n) is 3.02. The Balaban J connectivity index is 1.80. The van der Waals surface area contributed by atoms with Gasteiger partial charge in [-0.15, -0.1) is 10.2 Å². The highest BCUT2D eigenvalue weighted by Gasteiger charge is 2.14. The normalized spacial score (nSPS) is 13.3. The first kappa shape index (κ1) is 11.2. The molecule has 2 aromatic rings. The van der Waals surface area contributed by atoms with Crippen LogP contribution in [-0.2, 0) is 12.8 Å². The number of hydrogen-bond acceptors (Lipinski definition) is 5. The fourth-order valence-corrected chi connectivity index (χ4v) is 2.67. The Hall–Kier alpha value is -1.95. The fraction of sp³-hybridized carbons (Fsp3) is 0.250. The SMILES string of the molecule is Nc1nnc(NC(=O)c2ccc3c(c2)CCC3)s1. The molecule has 1 aromatic carbocycles. The van der Waals surface area contributed by atoms with Crippen molar-refractivity contribution in [2.45, 2.75) is 19.3 Å². The Bertz CT molecular complexity index is 608. The maximum Gasteiger partial charge on any atom is 0.257 e. The van der Waals surface area contributed by atoms with Gasteiger partial charge in [-0.3, -0.25) is 10.1 Å². The van der Waals surface area contributed by atoms with Gasteiger partial charge >= 0.3 is 0 Å². The largest absolute Gasteiger partial charge is 0.374 e. The molecule has 6 heteroatoms. The number of anilines is 2. The van der Waals surface area contributed by atoms with Crippen LogP contribution in [0.5, 0.6) is 0 Å². The summed E-state index contributed by atoms with van der Waals surface area (Å²) in [7, 11) is 0. The van der Waals surface area contributed by atoms with Crippen LogP contribution in [0.3, 0.4) is 0 Å². The summed E-state index contributed by atoms with van der Waals surface area (Å²) in [6.07, 6.45) is 3.35. The maximum atomic E-state index is 12.0. The molecule has 0 saturated heterocycles. The molecule has 1 amide bonds. The molecule has 0 unspecified atom stereocenters. The van der Waals surface area contributed by atoms with Gasteiger partial charge in [-0.25, -0.2) is 0 Å². The van der Waals surface area contributed by atoms with Crippen LogP contribution in [0, 0.1) is 0 Å². The average Bonchev–Trinajstić information content (AvgIpc) is 2.96. The molecule has 18 heavy (non-hydrogen) atoms. The molecule has 1 aromatic heterocycles. The number of nitrogens with zero attached hydrogens (tertiary/aromatic N) is 2. The average molecular weight is 260 g/mol. The second-order valence-corrected chi connectivity index (χ2v) is 5.25. The summed E-state index contributed by atoms with van der Waals surface area (Å²) in [6.45, 7) is 0. The number of carbonyl (C=O) groups excluding carboxylic acids is 1. The van der Waals surface area contributed by atoms with Crippen molar-refractivity contribution in [2.75, 3.05) is 11.1 Å². The van der Waals surface area contributed by atoms with E-state index in [0.717, 1.165) is 24.2 Å². The molecule has 1 aliphatic rings. The molecule has 5 nitrogen and oxygen atoms in total. The Morgan fingerprint density at radius 1 is 1.28 bits per heavy atom. The van der Waals surface area contributed by atoms with Gasteiger partial charge in [-0.1, -0.05) is 17.4 Å². The molecule has 3 N–H and O–H groups in total. The van der Waals surface area contributed by atoms with E-state index in [1.54, 1.807) is 0 Å². The summed E-state index contributed by atoms with van der Waals surface area (Å²) in [5.41, 5.74) is 8.75. The van der Waals surface area contributed by atoms with E-state index in [-0.39, 0.29) is 5.91 Å². The molecule has 1 heterocycles. The quantitative estimate of drug-likeness (QED) is 0.863. The number of aryl methyl sites for hydroxylation is 2. The zero-order valence-electron chi connectivity index (χ0n) is 9.64. The third-order valence-corrected chi connectivity index (χ3v) is 3.69. The van der Waals surface area contributed by atoms with Gasteiger partial charge in [0.15, 0.2) is 0 Å². The molecular weight excluding hydrogens is 248 g/mol. The topological polar surface area (TPSA) is 80.9 Å². The van der Waals surface area contributed by atoms with E-state index in [1.165, 1.54) is 17.5 Å². The van der Waals surface area contributed by atoms with Crippen molar-refractivity contribution in [1.82, 2.24) is 10.2 Å². The first-order valence-corrected chi connectivity index (χ1v) is 6.56. The summed E-state index contributed by atoms with van der Waals surface area (Å²) in [6, 6.07) is 5.84. The standard InChI is InChI=1S/C12H12N4OS/c13-11-15-16-12(18-11)14-10(17)9-5-4-7-2-1-3-8(7)6-9/h4-6H,1-3H2,(H2,13,15)(H,14,16,17). The zero-order valence-corrected chi connectivity index (χ0v) is 10.5. The molecule has 0 atom stereocenters. The predicted molar refractivity (Wildman–Crippen MR) is 70.7 cm³/mol. The van der Waals surface area contributed by atoms with Gasteiger partial charge < -0.3 is 5.73 Å². The lowest BCUT2D eigenvalue weighted by atomic mass is 10.1. The van der Waals surface area contributed by atoms with Crippen LogP contribution in [0.4, 0.5) is 10.3 Å². The van der Waals surface area contributed by atoms with Crippen molar-refractivity contribution < 1.29 is 4.79 Å². The van der Waals surface area contributed by atoms with Crippen molar-refractivity contribution >= 4 is 27.5 Å². The molecule has 0 saturated carbocycles. The van der Waals surface area contributed by atoms with Crippen LogP contribution in [0.15, 0.2) is 18.2 Å². The number of hydrogen-bond donors (Lipinski definition) is 2. The molecule has 0 fully saturated rings. The summed E-state index contributed by atoms with van der Waals surface area (Å²) in [4.78, 5) is 12.0. The van der Waals surface area contributed by atoms with Gasteiger partial charge in [0, 0.05) is 5.56 Å². The number of nitrogens with one attached hydrogen (secondary N) is 1. The van der Waals surface area contributed by atoms with E-state index in [1.807, 2.05) is 18.2 Å². The lowest BCUT2D eigenvalue weighted by Crippen LogP contribution is -2.12. The van der Waals surface area contributed by atoms with Crippen molar-refractivity contribution in [1.29, 1.82) is 0 Å². The third kappa shape index (κ3) is 2.06. The van der Waals surface area contributed by atoms with Crippen LogP contribution in [0.1, 0.15) is 27.9 Å². The monoisotopic (exact) mass is 260 g/mol. The van der Waals surface area contributed by atoms with Gasteiger partial charge in [0.25, 0.3) is 5.91 Å². The van der Waals surface area contributed by atoms with Gasteiger partial charge in [-0.05, 0) is 42.5 Å². The summed E-state index contributed by atoms with van der Waals surface area (Å²) in [5, 5.41) is 10.9. The Morgan fingerprint density at radius 2 is 2.11 bits per heavy atom. The molecular formula is C12H12N4OS. The zero-order chi connectivity index (χ0) is 12.5. The highest BCUT2D eigenvalue weighted by molar-refractivity contribution is 7.19. The molecule has 0 radical (unpaired) electrons. The molecule has 92 valence electrons. The number of carbonyl (C=O) groups is 1. The summed E-state index contributed by atoms with van der Waals surface area (Å²) in [5.74, 6) is -0.166.